The molecule has 0 fully saturated rings. The van der Waals surface area contributed by atoms with Crippen molar-refractivity contribution >= 4 is 0 Å². The molecule has 0 aromatic carbocycles. The van der Waals surface area contributed by atoms with Crippen LogP contribution in [0, 0.1) is 11.3 Å². The Morgan fingerprint density at radius 1 is 1.58 bits per heavy atom. The van der Waals surface area contributed by atoms with Crippen molar-refractivity contribution < 1.29 is 0 Å². The molecule has 12 heavy (non-hydrogen) atoms. The van der Waals surface area contributed by atoms with E-state index in [9.17, 15) is 0 Å². The minimum absolute atomic E-state index is 0.443. The molecule has 0 saturated heterocycles. The average Bonchev–Trinajstić information content (AvgIpc) is 2.17. The number of hydrogen-bond donors (Lipinski definition) is 0. The number of nitriles is 1. The van der Waals surface area contributed by atoms with Gasteiger partial charge < -0.3 is 0 Å². The fraction of sp³-hybridized carbons (Fsp3) is 0.400. The van der Waals surface area contributed by atoms with Gasteiger partial charge in [0.25, 0.3) is 0 Å². The molecular formula is C10H12N2. The SMILES string of the molecule is CCC(C)c1cccc(C#N)n1. The van der Waals surface area contributed by atoms with Gasteiger partial charge >= 0.3 is 0 Å². The maximum absolute atomic E-state index is 8.60. The van der Waals surface area contributed by atoms with E-state index in [4.69, 9.17) is 5.26 Å². The molecule has 1 heterocycles. The summed E-state index contributed by atoms with van der Waals surface area (Å²) in [6.07, 6.45) is 1.06. The number of aromatic nitrogens is 1. The van der Waals surface area contributed by atoms with E-state index in [-0.39, 0.29) is 0 Å². The molecule has 0 aliphatic rings. The second-order valence-corrected chi connectivity index (χ2v) is 2.87. The van der Waals surface area contributed by atoms with Crippen molar-refractivity contribution in [2.75, 3.05) is 0 Å². The largest absolute Gasteiger partial charge is 0.242 e. The summed E-state index contributed by atoms with van der Waals surface area (Å²) in [6, 6.07) is 7.61. The number of rotatable bonds is 2. The molecule has 1 atom stereocenters. The van der Waals surface area contributed by atoms with Gasteiger partial charge in [0.2, 0.25) is 0 Å². The minimum Gasteiger partial charge on any atom is -0.242 e. The van der Waals surface area contributed by atoms with E-state index in [0.29, 0.717) is 11.6 Å². The van der Waals surface area contributed by atoms with Crippen LogP contribution in [0.15, 0.2) is 18.2 Å². The Morgan fingerprint density at radius 2 is 2.33 bits per heavy atom. The fourth-order valence-electron chi connectivity index (χ4n) is 0.997. The Kier molecular flexibility index (Phi) is 2.82. The minimum atomic E-state index is 0.443. The van der Waals surface area contributed by atoms with Gasteiger partial charge in [0.15, 0.2) is 0 Å². The fourth-order valence-corrected chi connectivity index (χ4v) is 0.997. The highest BCUT2D eigenvalue weighted by atomic mass is 14.7. The highest BCUT2D eigenvalue weighted by molar-refractivity contribution is 5.23. The molecule has 0 N–H and O–H groups in total. The van der Waals surface area contributed by atoms with E-state index in [1.54, 1.807) is 6.07 Å². The van der Waals surface area contributed by atoms with Crippen molar-refractivity contribution in [3.8, 4) is 6.07 Å². The van der Waals surface area contributed by atoms with Gasteiger partial charge in [0.05, 0.1) is 0 Å². The summed E-state index contributed by atoms with van der Waals surface area (Å²) >= 11 is 0. The zero-order valence-electron chi connectivity index (χ0n) is 7.41. The molecule has 2 heteroatoms. The predicted octanol–water partition coefficient (Wildman–Crippen LogP) is 2.47. The van der Waals surface area contributed by atoms with E-state index >= 15 is 0 Å². The first kappa shape index (κ1) is 8.73. The molecule has 0 radical (unpaired) electrons. The molecule has 0 spiro atoms. The van der Waals surface area contributed by atoms with Crippen LogP contribution >= 0.6 is 0 Å². The van der Waals surface area contributed by atoms with Gasteiger partial charge in [-0.05, 0) is 24.5 Å². The quantitative estimate of drug-likeness (QED) is 0.666. The maximum atomic E-state index is 8.60. The third kappa shape index (κ3) is 1.82. The van der Waals surface area contributed by atoms with Crippen LogP contribution in [0.5, 0.6) is 0 Å². The van der Waals surface area contributed by atoms with Gasteiger partial charge in [0.1, 0.15) is 11.8 Å². The highest BCUT2D eigenvalue weighted by Crippen LogP contribution is 2.15. The summed E-state index contributed by atoms with van der Waals surface area (Å²) in [5.41, 5.74) is 1.52. The molecule has 0 bridgehead atoms. The standard InChI is InChI=1S/C10H12N2/c1-3-8(2)10-6-4-5-9(7-11)12-10/h4-6,8H,3H2,1-2H3. The first-order valence-corrected chi connectivity index (χ1v) is 4.15. The zero-order valence-corrected chi connectivity index (χ0v) is 7.41. The third-order valence-corrected chi connectivity index (χ3v) is 2.00. The van der Waals surface area contributed by atoms with Crippen molar-refractivity contribution in [2.24, 2.45) is 0 Å². The average molecular weight is 160 g/mol. The summed E-state index contributed by atoms with van der Waals surface area (Å²) in [7, 11) is 0. The van der Waals surface area contributed by atoms with Crippen LogP contribution in [-0.4, -0.2) is 4.98 Å². The molecule has 1 aromatic rings. The van der Waals surface area contributed by atoms with Crippen molar-refractivity contribution in [1.82, 2.24) is 4.98 Å². The van der Waals surface area contributed by atoms with E-state index in [0.717, 1.165) is 12.1 Å². The van der Waals surface area contributed by atoms with Crippen LogP contribution in [0.1, 0.15) is 37.6 Å². The van der Waals surface area contributed by atoms with E-state index in [1.165, 1.54) is 0 Å². The monoisotopic (exact) mass is 160 g/mol. The predicted molar refractivity (Wildman–Crippen MR) is 47.7 cm³/mol. The lowest BCUT2D eigenvalue weighted by Gasteiger charge is -2.06. The second kappa shape index (κ2) is 3.87. The first-order valence-electron chi connectivity index (χ1n) is 4.15. The number of nitrogens with zero attached hydrogens (tertiary/aromatic N) is 2. The molecule has 0 amide bonds. The lowest BCUT2D eigenvalue weighted by molar-refractivity contribution is 0.707. The van der Waals surface area contributed by atoms with Gasteiger partial charge in [0, 0.05) is 5.69 Å². The van der Waals surface area contributed by atoms with E-state index < -0.39 is 0 Å². The molecule has 0 saturated carbocycles. The number of hydrogen-bond acceptors (Lipinski definition) is 2. The lowest BCUT2D eigenvalue weighted by atomic mass is 10.0. The Bertz CT molecular complexity index is 299. The van der Waals surface area contributed by atoms with Gasteiger partial charge in [-0.2, -0.15) is 5.26 Å². The van der Waals surface area contributed by atoms with E-state index in [1.807, 2.05) is 18.2 Å². The van der Waals surface area contributed by atoms with Gasteiger partial charge in [-0.3, -0.25) is 0 Å². The summed E-state index contributed by atoms with van der Waals surface area (Å²) in [5, 5.41) is 8.60. The van der Waals surface area contributed by atoms with Crippen LogP contribution in [0.25, 0.3) is 0 Å². The summed E-state index contributed by atoms with van der Waals surface area (Å²) in [6.45, 7) is 4.23. The third-order valence-electron chi connectivity index (χ3n) is 2.00. The van der Waals surface area contributed by atoms with Crippen molar-refractivity contribution in [1.29, 1.82) is 5.26 Å². The highest BCUT2D eigenvalue weighted by Gasteiger charge is 2.03. The number of pyridine rings is 1. The molecule has 0 aliphatic carbocycles. The summed E-state index contributed by atoms with van der Waals surface area (Å²) < 4.78 is 0. The molecule has 1 rings (SSSR count). The van der Waals surface area contributed by atoms with Gasteiger partial charge in [-0.15, -0.1) is 0 Å². The Balaban J connectivity index is 2.95. The molecule has 0 aliphatic heterocycles. The molecule has 1 unspecified atom stereocenters. The second-order valence-electron chi connectivity index (χ2n) is 2.87. The Morgan fingerprint density at radius 3 is 2.92 bits per heavy atom. The molecular weight excluding hydrogens is 148 g/mol. The smallest absolute Gasteiger partial charge is 0.140 e. The lowest BCUT2D eigenvalue weighted by Crippen LogP contribution is -1.96. The summed E-state index contributed by atoms with van der Waals surface area (Å²) in [5.74, 6) is 0.443. The topological polar surface area (TPSA) is 36.7 Å². The molecule has 1 aromatic heterocycles. The summed E-state index contributed by atoms with van der Waals surface area (Å²) in [4.78, 5) is 4.20. The normalized spacial score (nSPS) is 12.1. The van der Waals surface area contributed by atoms with Crippen LogP contribution < -0.4 is 0 Å². The van der Waals surface area contributed by atoms with Crippen LogP contribution in [0.2, 0.25) is 0 Å². The maximum Gasteiger partial charge on any atom is 0.140 e. The molecule has 2 nitrogen and oxygen atoms in total. The van der Waals surface area contributed by atoms with Crippen LogP contribution in [0.4, 0.5) is 0 Å². The Labute approximate surface area is 72.9 Å². The van der Waals surface area contributed by atoms with Crippen LogP contribution in [-0.2, 0) is 0 Å². The zero-order chi connectivity index (χ0) is 8.97. The van der Waals surface area contributed by atoms with Crippen molar-refractivity contribution in [3.63, 3.8) is 0 Å². The van der Waals surface area contributed by atoms with E-state index in [2.05, 4.69) is 18.8 Å². The van der Waals surface area contributed by atoms with Crippen molar-refractivity contribution in [3.05, 3.63) is 29.6 Å². The molecule has 62 valence electrons. The van der Waals surface area contributed by atoms with Gasteiger partial charge in [-0.1, -0.05) is 19.9 Å². The van der Waals surface area contributed by atoms with Crippen molar-refractivity contribution in [2.45, 2.75) is 26.2 Å². The van der Waals surface area contributed by atoms with Crippen LogP contribution in [0.3, 0.4) is 0 Å². The van der Waals surface area contributed by atoms with Gasteiger partial charge in [-0.25, -0.2) is 4.98 Å². The first-order chi connectivity index (χ1) is 5.77. The Hall–Kier alpha value is -1.36.